The molecule has 0 radical (unpaired) electrons. The first-order valence-corrected chi connectivity index (χ1v) is 12.5. The second-order valence-electron chi connectivity index (χ2n) is 8.57. The Labute approximate surface area is 184 Å². The Kier molecular flexibility index (Phi) is 9.01. The van der Waals surface area contributed by atoms with E-state index in [1.165, 1.54) is 44.9 Å². The highest BCUT2D eigenvalue weighted by atomic mass is 35.5. The average molecular weight is 440 g/mol. The minimum Gasteiger partial charge on any atom is -0.494 e. The summed E-state index contributed by atoms with van der Waals surface area (Å²) in [6.07, 6.45) is 10.8. The lowest BCUT2D eigenvalue weighted by atomic mass is 9.62. The van der Waals surface area contributed by atoms with Gasteiger partial charge in [-0.3, -0.25) is 4.79 Å². The molecule has 0 atom stereocenters. The van der Waals surface area contributed by atoms with Crippen LogP contribution in [0.5, 0.6) is 5.75 Å². The number of halogens is 1. The molecule has 2 fully saturated rings. The van der Waals surface area contributed by atoms with Crippen LogP contribution in [0.25, 0.3) is 0 Å². The van der Waals surface area contributed by atoms with Crippen LogP contribution < -0.4 is 10.1 Å². The van der Waals surface area contributed by atoms with E-state index >= 15 is 0 Å². The van der Waals surface area contributed by atoms with Gasteiger partial charge in [0.05, 0.1) is 17.2 Å². The van der Waals surface area contributed by atoms with Crippen LogP contribution in [0.2, 0.25) is 5.02 Å². The molecular formula is C23H34ClNO3S. The van der Waals surface area contributed by atoms with Crippen molar-refractivity contribution in [1.29, 1.82) is 0 Å². The molecule has 0 spiro atoms. The van der Waals surface area contributed by atoms with E-state index in [1.54, 1.807) is 12.1 Å². The van der Waals surface area contributed by atoms with Crippen LogP contribution in [0.1, 0.15) is 68.1 Å². The zero-order valence-electron chi connectivity index (χ0n) is 17.3. The lowest BCUT2D eigenvalue weighted by Crippen LogP contribution is -2.43. The summed E-state index contributed by atoms with van der Waals surface area (Å²) in [6, 6.07) is 5.33. The van der Waals surface area contributed by atoms with Crippen LogP contribution >= 0.6 is 23.4 Å². The molecule has 162 valence electrons. The maximum absolute atomic E-state index is 12.8. The van der Waals surface area contributed by atoms with Gasteiger partial charge in [-0.2, -0.15) is 11.8 Å². The van der Waals surface area contributed by atoms with Gasteiger partial charge in [-0.05, 0) is 73.1 Å². The molecule has 1 aromatic rings. The van der Waals surface area contributed by atoms with Gasteiger partial charge in [0, 0.05) is 13.2 Å². The number of aliphatic hydroxyl groups is 1. The summed E-state index contributed by atoms with van der Waals surface area (Å²) in [5.74, 6) is 3.43. The Balaban J connectivity index is 1.48. The third-order valence-electron chi connectivity index (χ3n) is 6.32. The van der Waals surface area contributed by atoms with Gasteiger partial charge in [-0.15, -0.1) is 0 Å². The third-order valence-corrected chi connectivity index (χ3v) is 7.80. The van der Waals surface area contributed by atoms with Crippen molar-refractivity contribution in [2.45, 2.75) is 57.8 Å². The standard InChI is InChI=1S/C23H34ClNO3S/c24-21-8-7-19(28-12-4-14-29-13-3-11-26)15-20(21)22(27)25-17-23-9-1-5-18(16-23)6-2-10-23/h7-8,15,18,26H,1-6,9-14,16-17H2,(H,25,27). The van der Waals surface area contributed by atoms with Gasteiger partial charge in [-0.1, -0.05) is 37.3 Å². The highest BCUT2D eigenvalue weighted by Gasteiger charge is 2.39. The van der Waals surface area contributed by atoms with Gasteiger partial charge < -0.3 is 15.2 Å². The largest absolute Gasteiger partial charge is 0.494 e. The molecule has 3 rings (SSSR count). The zero-order chi connectivity index (χ0) is 20.5. The van der Waals surface area contributed by atoms with Crippen LogP contribution in [-0.4, -0.2) is 42.3 Å². The van der Waals surface area contributed by atoms with Gasteiger partial charge in [0.15, 0.2) is 0 Å². The number of benzene rings is 1. The molecule has 0 aliphatic heterocycles. The predicted molar refractivity (Wildman–Crippen MR) is 121 cm³/mol. The van der Waals surface area contributed by atoms with Crippen LogP contribution in [0.15, 0.2) is 18.2 Å². The SMILES string of the molecule is O=C(NCC12CCCC(CCC1)C2)c1cc(OCCCSCCCO)ccc1Cl. The van der Waals surface area contributed by atoms with Crippen molar-refractivity contribution in [3.8, 4) is 5.75 Å². The number of ether oxygens (including phenoxy) is 1. The molecule has 0 unspecified atom stereocenters. The summed E-state index contributed by atoms with van der Waals surface area (Å²) in [7, 11) is 0. The molecular weight excluding hydrogens is 406 g/mol. The normalized spacial score (nSPS) is 23.6. The van der Waals surface area contributed by atoms with E-state index in [9.17, 15) is 4.79 Å². The quantitative estimate of drug-likeness (QED) is 0.458. The molecule has 1 aromatic carbocycles. The molecule has 0 heterocycles. The fourth-order valence-corrected chi connectivity index (χ4v) is 5.88. The highest BCUT2D eigenvalue weighted by Crippen LogP contribution is 2.48. The number of hydrogen-bond acceptors (Lipinski definition) is 4. The van der Waals surface area contributed by atoms with Crippen molar-refractivity contribution < 1.29 is 14.6 Å². The molecule has 6 heteroatoms. The van der Waals surface area contributed by atoms with Gasteiger partial charge >= 0.3 is 0 Å². The van der Waals surface area contributed by atoms with Crippen LogP contribution in [-0.2, 0) is 0 Å². The number of nitrogens with one attached hydrogen (secondary N) is 1. The van der Waals surface area contributed by atoms with Crippen molar-refractivity contribution in [3.05, 3.63) is 28.8 Å². The number of fused-ring (bicyclic) bond motifs is 2. The maximum atomic E-state index is 12.8. The van der Waals surface area contributed by atoms with Gasteiger partial charge in [0.1, 0.15) is 5.75 Å². The summed E-state index contributed by atoms with van der Waals surface area (Å²) in [5.41, 5.74) is 0.798. The van der Waals surface area contributed by atoms with Gasteiger partial charge in [0.25, 0.3) is 5.91 Å². The number of aliphatic hydroxyl groups excluding tert-OH is 1. The number of carbonyl (C=O) groups is 1. The van der Waals surface area contributed by atoms with E-state index in [1.807, 2.05) is 17.8 Å². The first-order valence-electron chi connectivity index (χ1n) is 11.0. The van der Waals surface area contributed by atoms with Gasteiger partial charge in [0.2, 0.25) is 0 Å². The molecule has 0 aromatic heterocycles. The van der Waals surface area contributed by atoms with E-state index in [0.717, 1.165) is 36.8 Å². The summed E-state index contributed by atoms with van der Waals surface area (Å²) >= 11 is 8.13. The van der Waals surface area contributed by atoms with Crippen molar-refractivity contribution in [2.75, 3.05) is 31.3 Å². The van der Waals surface area contributed by atoms with Crippen molar-refractivity contribution in [1.82, 2.24) is 5.32 Å². The highest BCUT2D eigenvalue weighted by molar-refractivity contribution is 7.99. The van der Waals surface area contributed by atoms with Crippen LogP contribution in [0, 0.1) is 11.3 Å². The van der Waals surface area contributed by atoms with E-state index in [-0.39, 0.29) is 12.5 Å². The second-order valence-corrected chi connectivity index (χ2v) is 10.2. The third kappa shape index (κ3) is 6.80. The predicted octanol–water partition coefficient (Wildman–Crippen LogP) is 5.31. The molecule has 2 N–H and O–H groups in total. The Hall–Kier alpha value is -0.910. The van der Waals surface area contributed by atoms with E-state index in [2.05, 4.69) is 5.32 Å². The first-order chi connectivity index (χ1) is 14.1. The lowest BCUT2D eigenvalue weighted by Gasteiger charge is -2.45. The molecule has 2 aliphatic carbocycles. The van der Waals surface area contributed by atoms with Crippen molar-refractivity contribution in [2.24, 2.45) is 11.3 Å². The molecule has 1 amide bonds. The van der Waals surface area contributed by atoms with E-state index < -0.39 is 0 Å². The topological polar surface area (TPSA) is 58.6 Å². The Morgan fingerprint density at radius 3 is 2.76 bits per heavy atom. The summed E-state index contributed by atoms with van der Waals surface area (Å²) in [4.78, 5) is 12.8. The summed E-state index contributed by atoms with van der Waals surface area (Å²) < 4.78 is 5.82. The molecule has 2 aliphatic rings. The number of rotatable bonds is 11. The van der Waals surface area contributed by atoms with Crippen molar-refractivity contribution >= 4 is 29.3 Å². The molecule has 29 heavy (non-hydrogen) atoms. The zero-order valence-corrected chi connectivity index (χ0v) is 18.8. The number of amides is 1. The minimum atomic E-state index is -0.0953. The number of carbonyl (C=O) groups excluding carboxylic acids is 1. The smallest absolute Gasteiger partial charge is 0.252 e. The fraction of sp³-hybridized carbons (Fsp3) is 0.696. The molecule has 0 saturated heterocycles. The van der Waals surface area contributed by atoms with E-state index in [4.69, 9.17) is 21.4 Å². The number of thioether (sulfide) groups is 1. The second kappa shape index (κ2) is 11.5. The monoisotopic (exact) mass is 439 g/mol. The Bertz CT molecular complexity index is 660. The Morgan fingerprint density at radius 2 is 2.00 bits per heavy atom. The summed E-state index contributed by atoms with van der Waals surface area (Å²) in [5, 5.41) is 12.4. The van der Waals surface area contributed by atoms with Crippen LogP contribution in [0.3, 0.4) is 0 Å². The maximum Gasteiger partial charge on any atom is 0.252 e. The lowest BCUT2D eigenvalue weighted by molar-refractivity contribution is 0.0681. The van der Waals surface area contributed by atoms with E-state index in [0.29, 0.717) is 28.4 Å². The average Bonchev–Trinajstić information content (AvgIpc) is 2.72. The minimum absolute atomic E-state index is 0.0953. The fourth-order valence-electron chi connectivity index (χ4n) is 4.82. The molecule has 4 nitrogen and oxygen atoms in total. The Morgan fingerprint density at radius 1 is 1.24 bits per heavy atom. The van der Waals surface area contributed by atoms with Crippen molar-refractivity contribution in [3.63, 3.8) is 0 Å². The number of hydrogen-bond donors (Lipinski definition) is 2. The van der Waals surface area contributed by atoms with Crippen LogP contribution in [0.4, 0.5) is 0 Å². The molecule has 2 saturated carbocycles. The van der Waals surface area contributed by atoms with Gasteiger partial charge in [-0.25, -0.2) is 0 Å². The summed E-state index contributed by atoms with van der Waals surface area (Å²) in [6.45, 7) is 1.62. The first kappa shape index (κ1) is 22.8. The molecule has 2 bridgehead atoms.